The number of hydrogen-bond donors (Lipinski definition) is 1. The lowest BCUT2D eigenvalue weighted by Crippen LogP contribution is -2.31. The van der Waals surface area contributed by atoms with Gasteiger partial charge < -0.3 is 5.11 Å². The van der Waals surface area contributed by atoms with Crippen molar-refractivity contribution in [3.05, 3.63) is 24.3 Å². The van der Waals surface area contributed by atoms with Crippen LogP contribution in [0.2, 0.25) is 0 Å². The van der Waals surface area contributed by atoms with Crippen molar-refractivity contribution in [1.82, 2.24) is 0 Å². The van der Waals surface area contributed by atoms with E-state index in [1.165, 1.54) is 0 Å². The predicted molar refractivity (Wildman–Crippen MR) is 51.9 cm³/mol. The van der Waals surface area contributed by atoms with E-state index in [0.29, 0.717) is 0 Å². The zero-order chi connectivity index (χ0) is 9.24. The Hall–Kier alpha value is -0.560. The summed E-state index contributed by atoms with van der Waals surface area (Å²) in [5.74, 6) is 0. The molecule has 0 spiro atoms. The Morgan fingerprint density at radius 3 is 2.42 bits per heavy atom. The number of rotatable bonds is 1. The molecule has 0 amide bonds. The molecule has 0 aliphatic heterocycles. The molecule has 1 nitrogen and oxygen atoms in total. The summed E-state index contributed by atoms with van der Waals surface area (Å²) in [6.45, 7) is 6.45. The minimum absolute atomic E-state index is 0.185. The summed E-state index contributed by atoms with van der Waals surface area (Å²) in [5, 5.41) is 10.1. The van der Waals surface area contributed by atoms with Crippen LogP contribution in [0.15, 0.2) is 24.3 Å². The van der Waals surface area contributed by atoms with Gasteiger partial charge in [-0.05, 0) is 18.3 Å². The summed E-state index contributed by atoms with van der Waals surface area (Å²) >= 11 is 0. The Balaban J connectivity index is 2.62. The highest BCUT2D eigenvalue weighted by molar-refractivity contribution is 5.18. The van der Waals surface area contributed by atoms with Gasteiger partial charge in [0.05, 0.1) is 5.60 Å². The molecule has 0 saturated heterocycles. The van der Waals surface area contributed by atoms with Crippen LogP contribution in [-0.2, 0) is 0 Å². The van der Waals surface area contributed by atoms with Crippen LogP contribution in [0.1, 0.15) is 33.6 Å². The third-order valence-electron chi connectivity index (χ3n) is 1.96. The second-order valence-electron chi connectivity index (χ2n) is 4.83. The van der Waals surface area contributed by atoms with E-state index in [1.54, 1.807) is 0 Å². The standard InChI is InChI=1S/C11H18O/c1-10(2,3)9-11(12)7-5-4-6-8-11/h4-7,12H,8-9H2,1-3H3. The summed E-state index contributed by atoms with van der Waals surface area (Å²) in [6.07, 6.45) is 9.40. The van der Waals surface area contributed by atoms with Crippen LogP contribution < -0.4 is 0 Å². The topological polar surface area (TPSA) is 20.2 Å². The van der Waals surface area contributed by atoms with Crippen molar-refractivity contribution in [2.45, 2.75) is 39.2 Å². The summed E-state index contributed by atoms with van der Waals surface area (Å²) < 4.78 is 0. The van der Waals surface area contributed by atoms with Crippen LogP contribution in [0.25, 0.3) is 0 Å². The maximum absolute atomic E-state index is 10.1. The lowest BCUT2D eigenvalue weighted by molar-refractivity contribution is 0.0485. The van der Waals surface area contributed by atoms with E-state index in [0.717, 1.165) is 12.8 Å². The molecule has 1 aliphatic rings. The first kappa shape index (κ1) is 9.53. The summed E-state index contributed by atoms with van der Waals surface area (Å²) in [6, 6.07) is 0. The second kappa shape index (κ2) is 3.06. The molecule has 0 fully saturated rings. The molecule has 0 aromatic rings. The molecular formula is C11H18O. The van der Waals surface area contributed by atoms with Gasteiger partial charge in [-0.2, -0.15) is 0 Å². The average Bonchev–Trinajstić information content (AvgIpc) is 1.83. The lowest BCUT2D eigenvalue weighted by Gasteiger charge is -2.32. The Morgan fingerprint density at radius 2 is 2.00 bits per heavy atom. The highest BCUT2D eigenvalue weighted by atomic mass is 16.3. The van der Waals surface area contributed by atoms with Crippen LogP contribution in [0.3, 0.4) is 0 Å². The molecule has 1 atom stereocenters. The van der Waals surface area contributed by atoms with E-state index in [-0.39, 0.29) is 5.41 Å². The normalized spacial score (nSPS) is 29.3. The van der Waals surface area contributed by atoms with Crippen molar-refractivity contribution in [2.24, 2.45) is 5.41 Å². The van der Waals surface area contributed by atoms with Crippen LogP contribution >= 0.6 is 0 Å². The fraction of sp³-hybridized carbons (Fsp3) is 0.636. The molecule has 68 valence electrons. The number of hydrogen-bond acceptors (Lipinski definition) is 1. The fourth-order valence-corrected chi connectivity index (χ4v) is 1.70. The molecule has 0 radical (unpaired) electrons. The smallest absolute Gasteiger partial charge is 0.0870 e. The van der Waals surface area contributed by atoms with Gasteiger partial charge in [0, 0.05) is 0 Å². The van der Waals surface area contributed by atoms with Crippen molar-refractivity contribution in [3.63, 3.8) is 0 Å². The third kappa shape index (κ3) is 2.82. The van der Waals surface area contributed by atoms with Crippen LogP contribution in [0, 0.1) is 5.41 Å². The van der Waals surface area contributed by atoms with E-state index >= 15 is 0 Å². The Labute approximate surface area is 74.8 Å². The Kier molecular flexibility index (Phi) is 2.43. The quantitative estimate of drug-likeness (QED) is 0.635. The third-order valence-corrected chi connectivity index (χ3v) is 1.96. The second-order valence-corrected chi connectivity index (χ2v) is 4.83. The molecule has 0 bridgehead atoms. The Morgan fingerprint density at radius 1 is 1.33 bits per heavy atom. The van der Waals surface area contributed by atoms with E-state index in [2.05, 4.69) is 20.8 Å². The van der Waals surface area contributed by atoms with Gasteiger partial charge in [-0.25, -0.2) is 0 Å². The van der Waals surface area contributed by atoms with Gasteiger partial charge in [-0.15, -0.1) is 0 Å². The highest BCUT2D eigenvalue weighted by Gasteiger charge is 2.29. The number of aliphatic hydroxyl groups is 1. The van der Waals surface area contributed by atoms with Gasteiger partial charge in [0.15, 0.2) is 0 Å². The van der Waals surface area contributed by atoms with E-state index in [1.807, 2.05) is 24.3 Å². The molecule has 1 unspecified atom stereocenters. The van der Waals surface area contributed by atoms with Crippen molar-refractivity contribution in [1.29, 1.82) is 0 Å². The monoisotopic (exact) mass is 166 g/mol. The van der Waals surface area contributed by atoms with Gasteiger partial charge in [-0.1, -0.05) is 45.1 Å². The number of allylic oxidation sites excluding steroid dienone is 2. The first-order valence-electron chi connectivity index (χ1n) is 4.48. The van der Waals surface area contributed by atoms with Gasteiger partial charge >= 0.3 is 0 Å². The average molecular weight is 166 g/mol. The first-order chi connectivity index (χ1) is 5.41. The molecule has 0 saturated carbocycles. The molecule has 1 N–H and O–H groups in total. The molecule has 12 heavy (non-hydrogen) atoms. The van der Waals surface area contributed by atoms with Crippen molar-refractivity contribution < 1.29 is 5.11 Å². The molecule has 1 aliphatic carbocycles. The van der Waals surface area contributed by atoms with E-state index in [4.69, 9.17) is 0 Å². The maximum atomic E-state index is 10.1. The largest absolute Gasteiger partial charge is 0.385 e. The lowest BCUT2D eigenvalue weighted by atomic mass is 9.79. The maximum Gasteiger partial charge on any atom is 0.0870 e. The predicted octanol–water partition coefficient (Wildman–Crippen LogP) is 2.67. The first-order valence-corrected chi connectivity index (χ1v) is 4.48. The molecular weight excluding hydrogens is 148 g/mol. The van der Waals surface area contributed by atoms with Crippen molar-refractivity contribution in [3.8, 4) is 0 Å². The van der Waals surface area contributed by atoms with Crippen LogP contribution in [-0.4, -0.2) is 10.7 Å². The Bertz CT molecular complexity index is 208. The summed E-state index contributed by atoms with van der Waals surface area (Å²) in [5.41, 5.74) is -0.419. The minimum atomic E-state index is -0.604. The van der Waals surface area contributed by atoms with E-state index < -0.39 is 5.60 Å². The summed E-state index contributed by atoms with van der Waals surface area (Å²) in [4.78, 5) is 0. The molecule has 1 heteroatoms. The van der Waals surface area contributed by atoms with Gasteiger partial charge in [-0.3, -0.25) is 0 Å². The van der Waals surface area contributed by atoms with Crippen molar-refractivity contribution in [2.75, 3.05) is 0 Å². The van der Waals surface area contributed by atoms with Gasteiger partial charge in [0.2, 0.25) is 0 Å². The van der Waals surface area contributed by atoms with Crippen LogP contribution in [0.4, 0.5) is 0 Å². The highest BCUT2D eigenvalue weighted by Crippen LogP contribution is 2.32. The molecule has 1 rings (SSSR count). The summed E-state index contributed by atoms with van der Waals surface area (Å²) in [7, 11) is 0. The fourth-order valence-electron chi connectivity index (χ4n) is 1.70. The van der Waals surface area contributed by atoms with Gasteiger partial charge in [0.1, 0.15) is 0 Å². The zero-order valence-electron chi connectivity index (χ0n) is 8.17. The zero-order valence-corrected chi connectivity index (χ0v) is 8.17. The van der Waals surface area contributed by atoms with Crippen LogP contribution in [0.5, 0.6) is 0 Å². The minimum Gasteiger partial charge on any atom is -0.385 e. The van der Waals surface area contributed by atoms with E-state index in [9.17, 15) is 5.11 Å². The van der Waals surface area contributed by atoms with Crippen molar-refractivity contribution >= 4 is 0 Å². The van der Waals surface area contributed by atoms with Gasteiger partial charge in [0.25, 0.3) is 0 Å². The molecule has 0 aromatic heterocycles. The SMILES string of the molecule is CC(C)(C)CC1(O)C=CC=CC1. The molecule has 0 aromatic carbocycles. The molecule has 0 heterocycles.